The third-order valence-corrected chi connectivity index (χ3v) is 8.36. The summed E-state index contributed by atoms with van der Waals surface area (Å²) >= 11 is 7.13. The molecule has 1 saturated heterocycles. The predicted octanol–water partition coefficient (Wildman–Crippen LogP) is 3.13. The number of sulfonamides is 1. The molecule has 0 spiro atoms. The van der Waals surface area contributed by atoms with Crippen molar-refractivity contribution in [3.05, 3.63) is 52.0 Å². The number of aryl methyl sites for hydroxylation is 1. The van der Waals surface area contributed by atoms with E-state index in [0.29, 0.717) is 20.7 Å². The number of thiazole rings is 1. The zero-order valence-corrected chi connectivity index (χ0v) is 20.7. The van der Waals surface area contributed by atoms with Crippen molar-refractivity contribution in [1.82, 2.24) is 14.2 Å². The summed E-state index contributed by atoms with van der Waals surface area (Å²) in [4.78, 5) is 19.4. The van der Waals surface area contributed by atoms with Crippen molar-refractivity contribution in [2.45, 2.75) is 11.8 Å². The minimum absolute atomic E-state index is 0. The molecule has 0 saturated carbocycles. The SMILES string of the molecule is Cc1nc(NC(=N)N)sc1C(=O)N1CCN(S(=O)(=O)c2ccc3cc(Cl)ccc3c2)CC1.Cl. The first-order chi connectivity index (χ1) is 15.1. The van der Waals surface area contributed by atoms with Gasteiger partial charge in [0.05, 0.1) is 10.6 Å². The molecular formula is C20H22Cl2N6O3S2. The molecule has 2 heterocycles. The summed E-state index contributed by atoms with van der Waals surface area (Å²) in [6, 6.07) is 10.3. The van der Waals surface area contributed by atoms with E-state index < -0.39 is 10.0 Å². The van der Waals surface area contributed by atoms with Crippen LogP contribution < -0.4 is 11.1 Å². The van der Waals surface area contributed by atoms with Gasteiger partial charge >= 0.3 is 0 Å². The smallest absolute Gasteiger partial charge is 0.266 e. The third kappa shape index (κ3) is 5.22. The molecule has 1 aliphatic heterocycles. The molecule has 9 nitrogen and oxygen atoms in total. The highest BCUT2D eigenvalue weighted by molar-refractivity contribution is 7.89. The molecule has 0 bridgehead atoms. The number of halogens is 2. The lowest BCUT2D eigenvalue weighted by molar-refractivity contribution is 0.0702. The molecule has 1 aliphatic rings. The number of guanidine groups is 1. The molecule has 176 valence electrons. The van der Waals surface area contributed by atoms with E-state index in [2.05, 4.69) is 10.3 Å². The van der Waals surface area contributed by atoms with Crippen LogP contribution in [0.5, 0.6) is 0 Å². The average Bonchev–Trinajstić information content (AvgIpc) is 3.12. The molecule has 3 aromatic rings. The molecule has 1 aromatic heterocycles. The molecule has 13 heteroatoms. The van der Waals surface area contributed by atoms with Gasteiger partial charge in [-0.05, 0) is 42.0 Å². The standard InChI is InChI=1S/C20H21ClN6O3S2.ClH/c1-12-17(31-20(24-12)25-19(22)23)18(28)26-6-8-27(9-7-26)32(29,30)16-5-3-13-10-15(21)4-2-14(13)11-16;/h2-5,10-11H,6-9H2,1H3,(H4,22,23,24,25);1H. The Balaban J connectivity index is 0.00000306. The quantitative estimate of drug-likeness (QED) is 0.352. The molecule has 33 heavy (non-hydrogen) atoms. The molecule has 0 atom stereocenters. The second-order valence-electron chi connectivity index (χ2n) is 7.32. The lowest BCUT2D eigenvalue weighted by Crippen LogP contribution is -2.50. The first kappa shape index (κ1) is 25.2. The van der Waals surface area contributed by atoms with Gasteiger partial charge in [-0.3, -0.25) is 10.2 Å². The highest BCUT2D eigenvalue weighted by atomic mass is 35.5. The van der Waals surface area contributed by atoms with Crippen LogP contribution in [-0.2, 0) is 10.0 Å². The van der Waals surface area contributed by atoms with Gasteiger partial charge in [-0.15, -0.1) is 12.4 Å². The Labute approximate surface area is 206 Å². The lowest BCUT2D eigenvalue weighted by Gasteiger charge is -2.33. The van der Waals surface area contributed by atoms with Crippen molar-refractivity contribution in [3.8, 4) is 0 Å². The number of carbonyl (C=O) groups excluding carboxylic acids is 1. The van der Waals surface area contributed by atoms with E-state index in [4.69, 9.17) is 22.7 Å². The van der Waals surface area contributed by atoms with Crippen LogP contribution in [0.25, 0.3) is 10.8 Å². The van der Waals surface area contributed by atoms with Crippen molar-refractivity contribution < 1.29 is 13.2 Å². The van der Waals surface area contributed by atoms with Gasteiger partial charge in [0.15, 0.2) is 11.1 Å². The number of nitrogens with two attached hydrogens (primary N) is 1. The Hall–Kier alpha value is -2.44. The van der Waals surface area contributed by atoms with Gasteiger partial charge in [0, 0.05) is 31.2 Å². The fourth-order valence-electron chi connectivity index (χ4n) is 3.54. The van der Waals surface area contributed by atoms with Crippen molar-refractivity contribution >= 4 is 73.1 Å². The summed E-state index contributed by atoms with van der Waals surface area (Å²) in [6.07, 6.45) is 0. The fourth-order valence-corrected chi connectivity index (χ4v) is 6.13. The highest BCUT2D eigenvalue weighted by Gasteiger charge is 2.31. The van der Waals surface area contributed by atoms with Gasteiger partial charge in [0.25, 0.3) is 5.91 Å². The van der Waals surface area contributed by atoms with Crippen LogP contribution in [0.2, 0.25) is 5.02 Å². The molecule has 4 N–H and O–H groups in total. The molecule has 1 amide bonds. The Kier molecular flexibility index (Phi) is 7.49. The normalized spacial score (nSPS) is 14.7. The number of benzene rings is 2. The number of nitrogens with zero attached hydrogens (tertiary/aromatic N) is 3. The van der Waals surface area contributed by atoms with Gasteiger partial charge < -0.3 is 16.0 Å². The van der Waals surface area contributed by atoms with Crippen LogP contribution in [0.4, 0.5) is 5.13 Å². The lowest BCUT2D eigenvalue weighted by atomic mass is 10.1. The number of piperazine rings is 1. The van der Waals surface area contributed by atoms with E-state index in [1.807, 2.05) is 0 Å². The van der Waals surface area contributed by atoms with Crippen molar-refractivity contribution in [1.29, 1.82) is 5.41 Å². The number of anilines is 1. The Bertz CT molecular complexity index is 1320. The monoisotopic (exact) mass is 528 g/mol. The van der Waals surface area contributed by atoms with Crippen LogP contribution in [-0.4, -0.2) is 60.7 Å². The van der Waals surface area contributed by atoms with E-state index in [-0.39, 0.29) is 55.3 Å². The number of nitrogens with one attached hydrogen (secondary N) is 2. The van der Waals surface area contributed by atoms with E-state index in [0.717, 1.165) is 22.1 Å². The number of hydrogen-bond acceptors (Lipinski definition) is 6. The number of fused-ring (bicyclic) bond motifs is 1. The molecule has 2 aromatic carbocycles. The number of carbonyl (C=O) groups is 1. The van der Waals surface area contributed by atoms with E-state index in [1.54, 1.807) is 48.2 Å². The summed E-state index contributed by atoms with van der Waals surface area (Å²) in [7, 11) is -3.69. The topological polar surface area (TPSA) is 132 Å². The zero-order chi connectivity index (χ0) is 23.0. The average molecular weight is 529 g/mol. The molecule has 1 fully saturated rings. The summed E-state index contributed by atoms with van der Waals surface area (Å²) in [5, 5.41) is 12.5. The maximum Gasteiger partial charge on any atom is 0.266 e. The minimum Gasteiger partial charge on any atom is -0.370 e. The minimum atomic E-state index is -3.69. The van der Waals surface area contributed by atoms with Crippen LogP contribution >= 0.6 is 35.3 Å². The molecule has 4 rings (SSSR count). The van der Waals surface area contributed by atoms with Gasteiger partial charge in [-0.1, -0.05) is 35.1 Å². The Morgan fingerprint density at radius 3 is 2.45 bits per heavy atom. The maximum absolute atomic E-state index is 13.2. The van der Waals surface area contributed by atoms with Crippen molar-refractivity contribution in [3.63, 3.8) is 0 Å². The summed E-state index contributed by atoms with van der Waals surface area (Å²) in [5.74, 6) is -0.468. The van der Waals surface area contributed by atoms with Gasteiger partial charge in [-0.25, -0.2) is 13.4 Å². The number of aromatic nitrogens is 1. The van der Waals surface area contributed by atoms with Gasteiger partial charge in [0.1, 0.15) is 4.88 Å². The van der Waals surface area contributed by atoms with E-state index in [1.165, 1.54) is 4.31 Å². The second kappa shape index (κ2) is 9.82. The van der Waals surface area contributed by atoms with E-state index >= 15 is 0 Å². The van der Waals surface area contributed by atoms with Crippen LogP contribution in [0.1, 0.15) is 15.4 Å². The summed E-state index contributed by atoms with van der Waals surface area (Å²) in [5.41, 5.74) is 5.86. The molecule has 0 aliphatic carbocycles. The van der Waals surface area contributed by atoms with Crippen LogP contribution in [0.15, 0.2) is 41.3 Å². The molecule has 0 radical (unpaired) electrons. The fraction of sp³-hybridized carbons (Fsp3) is 0.250. The van der Waals surface area contributed by atoms with E-state index in [9.17, 15) is 13.2 Å². The Morgan fingerprint density at radius 2 is 1.79 bits per heavy atom. The molecule has 0 unspecified atom stereocenters. The predicted molar refractivity (Wildman–Crippen MR) is 133 cm³/mol. The first-order valence-corrected chi connectivity index (χ1v) is 12.4. The molecular weight excluding hydrogens is 507 g/mol. The van der Waals surface area contributed by atoms with Crippen molar-refractivity contribution in [2.75, 3.05) is 31.5 Å². The number of rotatable bonds is 4. The number of amides is 1. The zero-order valence-electron chi connectivity index (χ0n) is 17.5. The largest absolute Gasteiger partial charge is 0.370 e. The first-order valence-electron chi connectivity index (χ1n) is 9.72. The van der Waals surface area contributed by atoms with Crippen LogP contribution in [0.3, 0.4) is 0 Å². The maximum atomic E-state index is 13.2. The van der Waals surface area contributed by atoms with Gasteiger partial charge in [-0.2, -0.15) is 4.31 Å². The van der Waals surface area contributed by atoms with Gasteiger partial charge in [0.2, 0.25) is 10.0 Å². The van der Waals surface area contributed by atoms with Crippen LogP contribution in [0, 0.1) is 12.3 Å². The summed E-state index contributed by atoms with van der Waals surface area (Å²) < 4.78 is 27.7. The Morgan fingerprint density at radius 1 is 1.15 bits per heavy atom. The third-order valence-electron chi connectivity index (χ3n) is 5.17. The van der Waals surface area contributed by atoms with Crippen molar-refractivity contribution in [2.24, 2.45) is 5.73 Å². The highest BCUT2D eigenvalue weighted by Crippen LogP contribution is 2.27. The number of hydrogen-bond donors (Lipinski definition) is 3. The second-order valence-corrected chi connectivity index (χ2v) is 10.7. The summed E-state index contributed by atoms with van der Waals surface area (Å²) in [6.45, 7) is 2.65.